The Morgan fingerprint density at radius 1 is 1.20 bits per heavy atom. The van der Waals surface area contributed by atoms with Gasteiger partial charge in [-0.05, 0) is 77.3 Å². The number of amides is 3. The molecule has 0 bridgehead atoms. The monoisotopic (exact) mass is 604 g/mol. The Kier molecular flexibility index (Phi) is 10.6. The maximum Gasteiger partial charge on any atom is 0.254 e. The largest absolute Gasteiger partial charge is 0.494 e. The third-order valence-electron chi connectivity index (χ3n) is 6.65. The summed E-state index contributed by atoms with van der Waals surface area (Å²) in [5.41, 5.74) is 6.51. The lowest BCUT2D eigenvalue weighted by Crippen LogP contribution is -2.60. The molecule has 5 N–H and O–H groups in total. The predicted molar refractivity (Wildman–Crippen MR) is 164 cm³/mol. The van der Waals surface area contributed by atoms with Gasteiger partial charge < -0.3 is 31.1 Å². The Bertz CT molecular complexity index is 1250. The van der Waals surface area contributed by atoms with Crippen LogP contribution in [0.5, 0.6) is 5.75 Å². The van der Waals surface area contributed by atoms with Crippen molar-refractivity contribution >= 4 is 46.8 Å². The molecule has 3 rings (SSSR count). The lowest BCUT2D eigenvalue weighted by molar-refractivity contribution is -0.147. The summed E-state index contributed by atoms with van der Waals surface area (Å²) < 4.78 is 5.07. The van der Waals surface area contributed by atoms with E-state index in [0.717, 1.165) is 12.0 Å². The normalized spacial score (nSPS) is 18.0. The minimum atomic E-state index is -1.64. The summed E-state index contributed by atoms with van der Waals surface area (Å²) in [6.07, 6.45) is -0.637. The molecule has 1 aliphatic rings. The highest BCUT2D eigenvalue weighted by Crippen LogP contribution is 2.40. The molecule has 2 aromatic rings. The highest BCUT2D eigenvalue weighted by molar-refractivity contribution is 8.00. The Morgan fingerprint density at radius 2 is 1.85 bits per heavy atom. The molecule has 224 valence electrons. The molecular formula is C30H41ClN4O5S. The number of hydrogen-bond donors (Lipinski definition) is 4. The fraction of sp³-hybridized carbons (Fsp3) is 0.500. The van der Waals surface area contributed by atoms with Gasteiger partial charge in [-0.15, -0.1) is 11.8 Å². The first-order valence-corrected chi connectivity index (χ1v) is 15.0. The number of benzene rings is 2. The predicted octanol–water partition coefficient (Wildman–Crippen LogP) is 4.01. The van der Waals surface area contributed by atoms with Crippen molar-refractivity contribution in [3.05, 3.63) is 58.6 Å². The molecule has 0 unspecified atom stereocenters. The second-order valence-corrected chi connectivity index (χ2v) is 13.7. The van der Waals surface area contributed by atoms with E-state index in [2.05, 4.69) is 10.6 Å². The molecule has 2 aromatic carbocycles. The first kappa shape index (κ1) is 32.6. The van der Waals surface area contributed by atoms with Gasteiger partial charge in [0.05, 0.1) is 34.8 Å². The van der Waals surface area contributed by atoms with Crippen LogP contribution in [0.3, 0.4) is 0 Å². The van der Waals surface area contributed by atoms with Gasteiger partial charge in [-0.2, -0.15) is 0 Å². The number of thioether (sulfide) groups is 1. The molecule has 1 heterocycles. The topological polar surface area (TPSA) is 134 Å². The number of rotatable bonds is 10. The van der Waals surface area contributed by atoms with Gasteiger partial charge in [0, 0.05) is 10.3 Å². The second kappa shape index (κ2) is 13.4. The fourth-order valence-corrected chi connectivity index (χ4v) is 5.95. The number of nitrogens with one attached hydrogen (secondary N) is 2. The Hall–Kier alpha value is -2.95. The average Bonchev–Trinajstić information content (AvgIpc) is 3.22. The van der Waals surface area contributed by atoms with Crippen LogP contribution >= 0.6 is 23.4 Å². The standard InChI is InChI=1S/C30H41ClN4O5S/c1-7-15-40-19-13-11-18(12-14-19)16-22(33-26(37)20-9-8-10-21(32)23(20)31)24(36)28(39)35-17-41-30(5,6)25(35)27(38)34-29(2,3)4/h8-14,22,24-25,36H,7,15-17,32H2,1-6H3,(H,33,37)(H,34,38)/t22-,24-,25+/m0/s1. The van der Waals surface area contributed by atoms with Crippen molar-refractivity contribution < 1.29 is 24.2 Å². The van der Waals surface area contributed by atoms with Crippen molar-refractivity contribution in [1.82, 2.24) is 15.5 Å². The highest BCUT2D eigenvalue weighted by Gasteiger charge is 2.50. The van der Waals surface area contributed by atoms with Gasteiger partial charge >= 0.3 is 0 Å². The number of aliphatic hydroxyl groups is 1. The van der Waals surface area contributed by atoms with Crippen molar-refractivity contribution in [3.63, 3.8) is 0 Å². The lowest BCUT2D eigenvalue weighted by atomic mass is 9.96. The van der Waals surface area contributed by atoms with Crippen LogP contribution in [0.4, 0.5) is 5.69 Å². The van der Waals surface area contributed by atoms with E-state index in [1.807, 2.05) is 53.7 Å². The SMILES string of the molecule is CCCOc1ccc(C[C@H](NC(=O)c2cccc(N)c2Cl)[C@H](O)C(=O)N2CSC(C)(C)[C@H]2C(=O)NC(C)(C)C)cc1. The van der Waals surface area contributed by atoms with Crippen molar-refractivity contribution in [2.24, 2.45) is 0 Å². The van der Waals surface area contributed by atoms with Crippen molar-refractivity contribution in [2.75, 3.05) is 18.2 Å². The number of anilines is 1. The van der Waals surface area contributed by atoms with E-state index in [0.29, 0.717) is 12.4 Å². The number of carbonyl (C=O) groups excluding carboxylic acids is 3. The number of hydrogen-bond acceptors (Lipinski definition) is 7. The summed E-state index contributed by atoms with van der Waals surface area (Å²) in [7, 11) is 0. The number of aliphatic hydroxyl groups excluding tert-OH is 1. The molecule has 9 nitrogen and oxygen atoms in total. The smallest absolute Gasteiger partial charge is 0.254 e. The van der Waals surface area contributed by atoms with Crippen molar-refractivity contribution in [3.8, 4) is 5.75 Å². The zero-order chi connectivity index (χ0) is 30.5. The van der Waals surface area contributed by atoms with Crippen molar-refractivity contribution in [2.45, 2.75) is 82.9 Å². The van der Waals surface area contributed by atoms with Gasteiger partial charge in [-0.1, -0.05) is 36.7 Å². The fourth-order valence-electron chi connectivity index (χ4n) is 4.60. The van der Waals surface area contributed by atoms with Gasteiger partial charge in [0.2, 0.25) is 5.91 Å². The minimum absolute atomic E-state index is 0.0820. The van der Waals surface area contributed by atoms with E-state index in [9.17, 15) is 19.5 Å². The summed E-state index contributed by atoms with van der Waals surface area (Å²) in [5.74, 6) is -0.619. The van der Waals surface area contributed by atoms with Gasteiger partial charge in [-0.3, -0.25) is 14.4 Å². The summed E-state index contributed by atoms with van der Waals surface area (Å²) in [6, 6.07) is 10.1. The number of ether oxygens (including phenoxy) is 1. The summed E-state index contributed by atoms with van der Waals surface area (Å²) >= 11 is 7.74. The van der Waals surface area contributed by atoms with Crippen LogP contribution in [0, 0.1) is 0 Å². The summed E-state index contributed by atoms with van der Waals surface area (Å²) in [6.45, 7) is 12.0. The molecule has 3 atom stereocenters. The van der Waals surface area contributed by atoms with E-state index < -0.39 is 40.3 Å². The Balaban J connectivity index is 1.90. The maximum atomic E-state index is 13.8. The van der Waals surface area contributed by atoms with Gasteiger partial charge in [-0.25, -0.2) is 0 Å². The Morgan fingerprint density at radius 3 is 2.46 bits per heavy atom. The van der Waals surface area contributed by atoms with Crippen LogP contribution < -0.4 is 21.1 Å². The van der Waals surface area contributed by atoms with Crippen LogP contribution in [0.2, 0.25) is 5.02 Å². The van der Waals surface area contributed by atoms with Gasteiger partial charge in [0.15, 0.2) is 6.10 Å². The molecule has 1 aliphatic heterocycles. The minimum Gasteiger partial charge on any atom is -0.494 e. The molecule has 3 amide bonds. The van der Waals surface area contributed by atoms with Crippen LogP contribution in [0.25, 0.3) is 0 Å². The van der Waals surface area contributed by atoms with Gasteiger partial charge in [0.25, 0.3) is 11.8 Å². The zero-order valence-electron chi connectivity index (χ0n) is 24.5. The molecule has 0 spiro atoms. The highest BCUT2D eigenvalue weighted by atomic mass is 35.5. The number of halogens is 1. The third kappa shape index (κ3) is 8.30. The number of nitrogens with zero attached hydrogens (tertiary/aromatic N) is 1. The number of carbonyl (C=O) groups is 3. The van der Waals surface area contributed by atoms with Crippen LogP contribution in [-0.2, 0) is 16.0 Å². The molecular weight excluding hydrogens is 564 g/mol. The first-order valence-electron chi connectivity index (χ1n) is 13.7. The molecule has 0 radical (unpaired) electrons. The second-order valence-electron chi connectivity index (χ2n) is 11.8. The maximum absolute atomic E-state index is 13.8. The van der Waals surface area contributed by atoms with E-state index in [1.54, 1.807) is 24.3 Å². The summed E-state index contributed by atoms with van der Waals surface area (Å²) in [5, 5.41) is 17.3. The molecule has 11 heteroatoms. The van der Waals surface area contributed by atoms with Crippen LogP contribution in [0.1, 0.15) is 63.9 Å². The van der Waals surface area contributed by atoms with Crippen LogP contribution in [0.15, 0.2) is 42.5 Å². The number of nitrogens with two attached hydrogens (primary N) is 1. The van der Waals surface area contributed by atoms with Crippen LogP contribution in [-0.4, -0.2) is 68.7 Å². The quantitative estimate of drug-likeness (QED) is 0.301. The average molecular weight is 605 g/mol. The number of nitrogen functional groups attached to an aromatic ring is 1. The molecule has 0 aromatic heterocycles. The molecule has 1 saturated heterocycles. The molecule has 0 aliphatic carbocycles. The van der Waals surface area contributed by atoms with E-state index in [-0.39, 0.29) is 34.5 Å². The Labute approximate surface area is 251 Å². The zero-order valence-corrected chi connectivity index (χ0v) is 26.1. The van der Waals surface area contributed by atoms with E-state index in [1.165, 1.54) is 22.7 Å². The van der Waals surface area contributed by atoms with Gasteiger partial charge in [0.1, 0.15) is 11.8 Å². The lowest BCUT2D eigenvalue weighted by Gasteiger charge is -2.35. The molecule has 1 fully saturated rings. The first-order chi connectivity index (χ1) is 19.1. The van der Waals surface area contributed by atoms with E-state index >= 15 is 0 Å². The molecule has 41 heavy (non-hydrogen) atoms. The van der Waals surface area contributed by atoms with E-state index in [4.69, 9.17) is 22.1 Å². The third-order valence-corrected chi connectivity index (χ3v) is 8.45. The van der Waals surface area contributed by atoms with Crippen molar-refractivity contribution in [1.29, 1.82) is 0 Å². The summed E-state index contributed by atoms with van der Waals surface area (Å²) in [4.78, 5) is 41.8. The molecule has 0 saturated carbocycles.